The van der Waals surface area contributed by atoms with Crippen LogP contribution in [0.4, 0.5) is 11.4 Å². The number of carbonyl (C=O) groups excluding carboxylic acids is 2. The second-order valence-electron chi connectivity index (χ2n) is 7.45. The number of hydrogen-bond donors (Lipinski definition) is 2. The molecule has 6 heteroatoms. The highest BCUT2D eigenvalue weighted by Crippen LogP contribution is 2.31. The van der Waals surface area contributed by atoms with Gasteiger partial charge in [0.1, 0.15) is 0 Å². The van der Waals surface area contributed by atoms with E-state index in [0.29, 0.717) is 35.7 Å². The molecule has 0 saturated heterocycles. The summed E-state index contributed by atoms with van der Waals surface area (Å²) < 4.78 is 0. The van der Waals surface area contributed by atoms with E-state index < -0.39 is 0 Å². The lowest BCUT2D eigenvalue weighted by Crippen LogP contribution is -2.32. The molecule has 2 amide bonds. The summed E-state index contributed by atoms with van der Waals surface area (Å²) in [7, 11) is 0. The van der Waals surface area contributed by atoms with E-state index in [1.807, 2.05) is 38.1 Å². The molecule has 4 nitrogen and oxygen atoms in total. The van der Waals surface area contributed by atoms with Crippen LogP contribution in [0.15, 0.2) is 36.4 Å². The van der Waals surface area contributed by atoms with E-state index in [2.05, 4.69) is 10.6 Å². The summed E-state index contributed by atoms with van der Waals surface area (Å²) in [5.74, 6) is -0.122. The first-order valence-corrected chi connectivity index (χ1v) is 10.2. The fraction of sp³-hybridized carbons (Fsp3) is 0.364. The van der Waals surface area contributed by atoms with Crippen LogP contribution in [0.25, 0.3) is 0 Å². The predicted molar refractivity (Wildman–Crippen MR) is 115 cm³/mol. The Kier molecular flexibility index (Phi) is 6.63. The normalized spacial score (nSPS) is 19.1. The van der Waals surface area contributed by atoms with Crippen LogP contribution in [0.3, 0.4) is 0 Å². The van der Waals surface area contributed by atoms with Gasteiger partial charge >= 0.3 is 0 Å². The molecule has 28 heavy (non-hydrogen) atoms. The van der Waals surface area contributed by atoms with Gasteiger partial charge in [-0.2, -0.15) is 0 Å². The van der Waals surface area contributed by atoms with Gasteiger partial charge < -0.3 is 10.6 Å². The van der Waals surface area contributed by atoms with E-state index in [-0.39, 0.29) is 23.7 Å². The molecule has 0 spiro atoms. The smallest absolute Gasteiger partial charge is 0.227 e. The van der Waals surface area contributed by atoms with Crippen molar-refractivity contribution in [3.05, 3.63) is 57.6 Å². The highest BCUT2D eigenvalue weighted by atomic mass is 35.5. The summed E-state index contributed by atoms with van der Waals surface area (Å²) in [6, 6.07) is 10.8. The largest absolute Gasteiger partial charge is 0.326 e. The lowest BCUT2D eigenvalue weighted by atomic mass is 9.81. The SMILES string of the molecule is Cc1cc(Cl)ccc1NC(=O)C1CCC(C(=O)Nc2ccc(Cl)cc2C)CC1. The van der Waals surface area contributed by atoms with Crippen LogP contribution in [0.2, 0.25) is 10.0 Å². The van der Waals surface area contributed by atoms with E-state index in [1.165, 1.54) is 0 Å². The van der Waals surface area contributed by atoms with Gasteiger partial charge in [0, 0.05) is 33.3 Å². The fourth-order valence-corrected chi connectivity index (χ4v) is 4.08. The third kappa shape index (κ3) is 5.06. The monoisotopic (exact) mass is 418 g/mol. The van der Waals surface area contributed by atoms with Crippen molar-refractivity contribution in [3.63, 3.8) is 0 Å². The number of nitrogens with one attached hydrogen (secondary N) is 2. The average Bonchev–Trinajstić information content (AvgIpc) is 2.66. The molecule has 1 fully saturated rings. The Labute approximate surface area is 175 Å². The zero-order valence-corrected chi connectivity index (χ0v) is 17.5. The molecule has 2 N–H and O–H groups in total. The van der Waals surface area contributed by atoms with E-state index >= 15 is 0 Å². The van der Waals surface area contributed by atoms with Crippen molar-refractivity contribution >= 4 is 46.4 Å². The van der Waals surface area contributed by atoms with Gasteiger partial charge in [-0.05, 0) is 87.1 Å². The standard InChI is InChI=1S/C22H24Cl2N2O2/c1-13-11-17(23)7-9-19(13)25-21(27)15-3-5-16(6-4-15)22(28)26-20-10-8-18(24)12-14(20)2/h7-12,15-16H,3-6H2,1-2H3,(H,25,27)(H,26,28). The maximum absolute atomic E-state index is 12.6. The molecule has 0 radical (unpaired) electrons. The molecule has 2 aromatic rings. The minimum Gasteiger partial charge on any atom is -0.326 e. The topological polar surface area (TPSA) is 58.2 Å². The first kappa shape index (κ1) is 20.7. The van der Waals surface area contributed by atoms with Crippen LogP contribution < -0.4 is 10.6 Å². The number of rotatable bonds is 4. The Bertz CT molecular complexity index is 817. The molecule has 2 aromatic carbocycles. The van der Waals surface area contributed by atoms with Crippen molar-refractivity contribution in [2.45, 2.75) is 39.5 Å². The Hall–Kier alpha value is -2.04. The molecule has 1 aliphatic rings. The quantitative estimate of drug-likeness (QED) is 0.639. The average molecular weight is 419 g/mol. The molecule has 3 rings (SSSR count). The zero-order chi connectivity index (χ0) is 20.3. The highest BCUT2D eigenvalue weighted by molar-refractivity contribution is 6.31. The van der Waals surface area contributed by atoms with Gasteiger partial charge in [0.2, 0.25) is 11.8 Å². The summed E-state index contributed by atoms with van der Waals surface area (Å²) in [6.07, 6.45) is 2.82. The van der Waals surface area contributed by atoms with Gasteiger partial charge in [0.15, 0.2) is 0 Å². The summed E-state index contributed by atoms with van der Waals surface area (Å²) in [4.78, 5) is 25.2. The maximum atomic E-state index is 12.6. The molecule has 1 aliphatic carbocycles. The fourth-order valence-electron chi connectivity index (χ4n) is 3.62. The molecule has 148 valence electrons. The molecule has 0 heterocycles. The maximum Gasteiger partial charge on any atom is 0.227 e. The molecular weight excluding hydrogens is 395 g/mol. The Morgan fingerprint density at radius 3 is 1.43 bits per heavy atom. The number of halogens is 2. The number of anilines is 2. The molecular formula is C22H24Cl2N2O2. The lowest BCUT2D eigenvalue weighted by molar-refractivity contribution is -0.125. The van der Waals surface area contributed by atoms with Crippen LogP contribution >= 0.6 is 23.2 Å². The summed E-state index contributed by atoms with van der Waals surface area (Å²) >= 11 is 11.9. The van der Waals surface area contributed by atoms with Crippen LogP contribution in [0.5, 0.6) is 0 Å². The highest BCUT2D eigenvalue weighted by Gasteiger charge is 2.30. The van der Waals surface area contributed by atoms with Crippen molar-refractivity contribution in [2.24, 2.45) is 11.8 Å². The predicted octanol–water partition coefficient (Wildman–Crippen LogP) is 5.99. The summed E-state index contributed by atoms with van der Waals surface area (Å²) in [5, 5.41) is 7.29. The lowest BCUT2D eigenvalue weighted by Gasteiger charge is -2.27. The Balaban J connectivity index is 1.53. The summed E-state index contributed by atoms with van der Waals surface area (Å²) in [6.45, 7) is 3.84. The third-order valence-corrected chi connectivity index (χ3v) is 5.83. The molecule has 0 aromatic heterocycles. The van der Waals surface area contributed by atoms with Crippen LogP contribution in [0, 0.1) is 25.7 Å². The van der Waals surface area contributed by atoms with E-state index in [9.17, 15) is 9.59 Å². The number of hydrogen-bond acceptors (Lipinski definition) is 2. The van der Waals surface area contributed by atoms with E-state index in [1.54, 1.807) is 12.1 Å². The first-order valence-electron chi connectivity index (χ1n) is 9.47. The van der Waals surface area contributed by atoms with Gasteiger partial charge in [-0.15, -0.1) is 0 Å². The number of benzene rings is 2. The van der Waals surface area contributed by atoms with Crippen LogP contribution in [-0.4, -0.2) is 11.8 Å². The van der Waals surface area contributed by atoms with Crippen molar-refractivity contribution in [1.82, 2.24) is 0 Å². The minimum absolute atomic E-state index is 0.0119. The van der Waals surface area contributed by atoms with Crippen molar-refractivity contribution in [2.75, 3.05) is 10.6 Å². The van der Waals surface area contributed by atoms with E-state index in [0.717, 1.165) is 22.5 Å². The second-order valence-corrected chi connectivity index (χ2v) is 8.32. The van der Waals surface area contributed by atoms with Gasteiger partial charge in [-0.3, -0.25) is 9.59 Å². The Morgan fingerprint density at radius 1 is 0.750 bits per heavy atom. The van der Waals surface area contributed by atoms with Crippen LogP contribution in [0.1, 0.15) is 36.8 Å². The van der Waals surface area contributed by atoms with Crippen molar-refractivity contribution < 1.29 is 9.59 Å². The zero-order valence-electron chi connectivity index (χ0n) is 16.0. The Morgan fingerprint density at radius 2 is 1.11 bits per heavy atom. The van der Waals surface area contributed by atoms with Crippen molar-refractivity contribution in [1.29, 1.82) is 0 Å². The number of aryl methyl sites for hydroxylation is 2. The number of carbonyl (C=O) groups is 2. The van der Waals surface area contributed by atoms with Crippen LogP contribution in [-0.2, 0) is 9.59 Å². The minimum atomic E-state index is -0.0728. The molecule has 0 bridgehead atoms. The van der Waals surface area contributed by atoms with Gasteiger partial charge in [0.25, 0.3) is 0 Å². The third-order valence-electron chi connectivity index (χ3n) is 5.36. The summed E-state index contributed by atoms with van der Waals surface area (Å²) in [5.41, 5.74) is 3.44. The van der Waals surface area contributed by atoms with Gasteiger partial charge in [0.05, 0.1) is 0 Å². The number of amides is 2. The molecule has 0 atom stereocenters. The molecule has 0 aliphatic heterocycles. The van der Waals surface area contributed by atoms with Crippen molar-refractivity contribution in [3.8, 4) is 0 Å². The molecule has 0 unspecified atom stereocenters. The van der Waals surface area contributed by atoms with Gasteiger partial charge in [-0.1, -0.05) is 23.2 Å². The first-order chi connectivity index (χ1) is 13.3. The molecule has 1 saturated carbocycles. The van der Waals surface area contributed by atoms with E-state index in [4.69, 9.17) is 23.2 Å². The second kappa shape index (κ2) is 8.97. The van der Waals surface area contributed by atoms with Gasteiger partial charge in [-0.25, -0.2) is 0 Å².